The lowest BCUT2D eigenvalue weighted by atomic mass is 9.82. The number of nitrogens with zero attached hydrogens (tertiary/aromatic N) is 1. The molecule has 0 radical (unpaired) electrons. The minimum absolute atomic E-state index is 0.0187. The van der Waals surface area contributed by atoms with Crippen molar-refractivity contribution in [3.8, 4) is 72.4 Å². The Morgan fingerprint density at radius 2 is 0.726 bits per heavy atom. The predicted octanol–water partition coefficient (Wildman–Crippen LogP) is 16.0. The maximum Gasteiger partial charge on any atom is 0.0541 e. The number of fused-ring (bicyclic) bond motifs is 12. The summed E-state index contributed by atoms with van der Waals surface area (Å²) in [6.45, 7) is 9.42. The van der Waals surface area contributed by atoms with E-state index < -0.39 is 0 Å². The normalized spacial score (nSPS) is 14.6. The third-order valence-corrected chi connectivity index (χ3v) is 14.9. The number of aromatic nitrogens is 1. The van der Waals surface area contributed by atoms with Gasteiger partial charge in [0.1, 0.15) is 0 Å². The van der Waals surface area contributed by atoms with Crippen LogP contribution in [-0.2, 0) is 17.3 Å². The van der Waals surface area contributed by atoms with Crippen LogP contribution in [0.5, 0.6) is 0 Å². The van der Waals surface area contributed by atoms with Crippen molar-refractivity contribution in [3.63, 3.8) is 0 Å². The van der Waals surface area contributed by atoms with Gasteiger partial charge >= 0.3 is 0 Å². The molecule has 1 heteroatoms. The molecular formula is C61H45N. The average molecular weight is 792 g/mol. The predicted molar refractivity (Wildman–Crippen MR) is 260 cm³/mol. The summed E-state index contributed by atoms with van der Waals surface area (Å²) in [5.74, 6) is 0. The molecule has 0 saturated heterocycles. The summed E-state index contributed by atoms with van der Waals surface area (Å²) in [7, 11) is 0. The maximum absolute atomic E-state index is 2.46. The third-order valence-electron chi connectivity index (χ3n) is 14.9. The first kappa shape index (κ1) is 35.5. The molecule has 0 fully saturated rings. The highest BCUT2D eigenvalue weighted by atomic mass is 15.0. The zero-order chi connectivity index (χ0) is 41.5. The van der Waals surface area contributed by atoms with Crippen LogP contribution >= 0.6 is 0 Å². The SMILES string of the molecule is CC1(C)c2ccccc2-c2cc(-c3ccc4c(c3)c3cc(-c5ccc6c(c5)-c5ccccc5C6(C)C)ccc3n4-c3ccc(-c4ccc5c(c4)-c4ccccc4C5)cc3)ccc21. The second kappa shape index (κ2) is 12.7. The number of hydrogen-bond donors (Lipinski definition) is 0. The monoisotopic (exact) mass is 791 g/mol. The highest BCUT2D eigenvalue weighted by Crippen LogP contribution is 2.51. The van der Waals surface area contributed by atoms with E-state index in [1.54, 1.807) is 0 Å². The largest absolute Gasteiger partial charge is 0.309 e. The molecule has 1 aromatic heterocycles. The summed E-state index contributed by atoms with van der Waals surface area (Å²) in [6.07, 6.45) is 1.01. The van der Waals surface area contributed by atoms with Crippen LogP contribution in [0.15, 0.2) is 188 Å². The van der Waals surface area contributed by atoms with E-state index in [0.717, 1.165) is 12.1 Å². The molecule has 0 atom stereocenters. The fraction of sp³-hybridized carbons (Fsp3) is 0.115. The van der Waals surface area contributed by atoms with Crippen molar-refractivity contribution in [3.05, 3.63) is 221 Å². The molecular weight excluding hydrogens is 747 g/mol. The van der Waals surface area contributed by atoms with Gasteiger partial charge in [0.05, 0.1) is 11.0 Å². The van der Waals surface area contributed by atoms with Crippen LogP contribution in [0.3, 0.4) is 0 Å². The molecule has 0 saturated carbocycles. The van der Waals surface area contributed by atoms with Crippen molar-refractivity contribution in [2.75, 3.05) is 0 Å². The molecule has 0 aliphatic heterocycles. The highest BCUT2D eigenvalue weighted by Gasteiger charge is 2.36. The Morgan fingerprint density at radius 1 is 0.323 bits per heavy atom. The van der Waals surface area contributed by atoms with Crippen LogP contribution in [0.4, 0.5) is 0 Å². The molecule has 9 aromatic carbocycles. The molecule has 62 heavy (non-hydrogen) atoms. The van der Waals surface area contributed by atoms with E-state index >= 15 is 0 Å². The van der Waals surface area contributed by atoms with E-state index in [1.165, 1.54) is 122 Å². The zero-order valence-electron chi connectivity index (χ0n) is 35.6. The molecule has 0 spiro atoms. The zero-order valence-corrected chi connectivity index (χ0v) is 35.6. The molecule has 3 aliphatic rings. The van der Waals surface area contributed by atoms with E-state index in [2.05, 4.69) is 220 Å². The quantitative estimate of drug-likeness (QED) is 0.167. The first-order chi connectivity index (χ1) is 30.2. The second-order valence-corrected chi connectivity index (χ2v) is 18.9. The lowest BCUT2D eigenvalue weighted by Gasteiger charge is -2.21. The number of rotatable bonds is 4. The third kappa shape index (κ3) is 4.97. The smallest absolute Gasteiger partial charge is 0.0541 e. The minimum atomic E-state index is -0.0187. The van der Waals surface area contributed by atoms with Crippen LogP contribution in [-0.4, -0.2) is 4.57 Å². The molecule has 3 aliphatic carbocycles. The Kier molecular flexibility index (Phi) is 7.26. The Morgan fingerprint density at radius 3 is 1.31 bits per heavy atom. The van der Waals surface area contributed by atoms with Gasteiger partial charge in [-0.1, -0.05) is 161 Å². The molecule has 13 rings (SSSR count). The lowest BCUT2D eigenvalue weighted by Crippen LogP contribution is -2.14. The summed E-state index contributed by atoms with van der Waals surface area (Å²) in [5.41, 5.74) is 27.6. The number of hydrogen-bond acceptors (Lipinski definition) is 0. The summed E-state index contributed by atoms with van der Waals surface area (Å²) >= 11 is 0. The van der Waals surface area contributed by atoms with Gasteiger partial charge < -0.3 is 4.57 Å². The van der Waals surface area contributed by atoms with Crippen molar-refractivity contribution in [1.82, 2.24) is 4.57 Å². The molecule has 0 N–H and O–H groups in total. The fourth-order valence-electron chi connectivity index (χ4n) is 11.6. The van der Waals surface area contributed by atoms with Gasteiger partial charge in [-0.15, -0.1) is 0 Å². The standard InChI is InChI=1S/C61H45N/c1-60(2)54-15-9-7-13-47(54)50-33-39(21-27-56(50)60)41-23-29-58-52(35-41)53-36-42(40-22-28-57-51(34-40)48-14-8-10-16-55(48)61(57,3)4)24-30-59(53)62(58)45-25-19-37(20-26-45)38-17-18-44-31-43-11-5-6-12-46(43)49(44)32-38/h5-30,32-36H,31H2,1-4H3. The Labute approximate surface area is 363 Å². The van der Waals surface area contributed by atoms with E-state index in [1.807, 2.05) is 0 Å². The summed E-state index contributed by atoms with van der Waals surface area (Å²) in [4.78, 5) is 0. The van der Waals surface area contributed by atoms with E-state index in [0.29, 0.717) is 0 Å². The Bertz CT molecular complexity index is 3370. The van der Waals surface area contributed by atoms with Crippen molar-refractivity contribution in [1.29, 1.82) is 0 Å². The van der Waals surface area contributed by atoms with Crippen LogP contribution < -0.4 is 0 Å². The van der Waals surface area contributed by atoms with Crippen LogP contribution in [0.25, 0.3) is 94.3 Å². The Hall–Kier alpha value is -7.22. The first-order valence-electron chi connectivity index (χ1n) is 22.1. The molecule has 1 heterocycles. The minimum Gasteiger partial charge on any atom is -0.309 e. The average Bonchev–Trinajstić information content (AvgIpc) is 3.99. The molecule has 294 valence electrons. The second-order valence-electron chi connectivity index (χ2n) is 18.9. The lowest BCUT2D eigenvalue weighted by molar-refractivity contribution is 0.660. The van der Waals surface area contributed by atoms with Gasteiger partial charge in [-0.3, -0.25) is 0 Å². The van der Waals surface area contributed by atoms with Gasteiger partial charge in [0, 0.05) is 27.3 Å². The van der Waals surface area contributed by atoms with Crippen molar-refractivity contribution >= 4 is 21.8 Å². The van der Waals surface area contributed by atoms with Crippen LogP contribution in [0.1, 0.15) is 61.1 Å². The van der Waals surface area contributed by atoms with Gasteiger partial charge in [-0.05, 0) is 161 Å². The fourth-order valence-corrected chi connectivity index (χ4v) is 11.6. The van der Waals surface area contributed by atoms with Gasteiger partial charge in [0.2, 0.25) is 0 Å². The van der Waals surface area contributed by atoms with Gasteiger partial charge in [-0.25, -0.2) is 0 Å². The summed E-state index contributed by atoms with van der Waals surface area (Å²) in [5, 5.41) is 2.52. The first-order valence-corrected chi connectivity index (χ1v) is 22.1. The Balaban J connectivity index is 0.960. The van der Waals surface area contributed by atoms with Gasteiger partial charge in [0.25, 0.3) is 0 Å². The van der Waals surface area contributed by atoms with Gasteiger partial charge in [-0.2, -0.15) is 0 Å². The number of benzene rings is 9. The molecule has 10 aromatic rings. The van der Waals surface area contributed by atoms with Crippen molar-refractivity contribution < 1.29 is 0 Å². The van der Waals surface area contributed by atoms with Crippen LogP contribution in [0.2, 0.25) is 0 Å². The summed E-state index contributed by atoms with van der Waals surface area (Å²) < 4.78 is 2.46. The van der Waals surface area contributed by atoms with E-state index in [9.17, 15) is 0 Å². The van der Waals surface area contributed by atoms with Crippen molar-refractivity contribution in [2.24, 2.45) is 0 Å². The summed E-state index contributed by atoms with van der Waals surface area (Å²) in [6, 6.07) is 71.4. The van der Waals surface area contributed by atoms with Crippen LogP contribution in [0, 0.1) is 0 Å². The van der Waals surface area contributed by atoms with Crippen molar-refractivity contribution in [2.45, 2.75) is 44.9 Å². The highest BCUT2D eigenvalue weighted by molar-refractivity contribution is 6.12. The van der Waals surface area contributed by atoms with Gasteiger partial charge in [0.15, 0.2) is 0 Å². The maximum atomic E-state index is 2.46. The molecule has 1 nitrogen and oxygen atoms in total. The van der Waals surface area contributed by atoms with E-state index in [-0.39, 0.29) is 10.8 Å². The van der Waals surface area contributed by atoms with E-state index in [4.69, 9.17) is 0 Å². The topological polar surface area (TPSA) is 4.93 Å². The molecule has 0 bridgehead atoms. The molecule has 0 amide bonds. The molecule has 0 unspecified atom stereocenters.